The predicted molar refractivity (Wildman–Crippen MR) is 56.4 cm³/mol. The van der Waals surface area contributed by atoms with Crippen molar-refractivity contribution in [1.29, 1.82) is 0 Å². The molecule has 0 aliphatic carbocycles. The summed E-state index contributed by atoms with van der Waals surface area (Å²) in [5.41, 5.74) is -0.0759. The van der Waals surface area contributed by atoms with E-state index in [9.17, 15) is 10.1 Å². The molecule has 1 atom stereocenters. The Morgan fingerprint density at radius 2 is 2.56 bits per heavy atom. The first-order valence-corrected chi connectivity index (χ1v) is 5.22. The third-order valence-corrected chi connectivity index (χ3v) is 2.50. The maximum atomic E-state index is 10.7. The number of hydrogen-bond acceptors (Lipinski definition) is 5. The van der Waals surface area contributed by atoms with Crippen LogP contribution in [-0.4, -0.2) is 33.9 Å². The molecule has 7 heteroatoms. The summed E-state index contributed by atoms with van der Waals surface area (Å²) in [6.07, 6.45) is 3.25. The summed E-state index contributed by atoms with van der Waals surface area (Å²) in [5, 5.41) is 17.9. The molecule has 0 radical (unpaired) electrons. The predicted octanol–water partition coefficient (Wildman–Crippen LogP) is 0.459. The number of aromatic nitrogens is 2. The van der Waals surface area contributed by atoms with E-state index in [-0.39, 0.29) is 17.7 Å². The van der Waals surface area contributed by atoms with Crippen LogP contribution in [0.15, 0.2) is 6.20 Å². The van der Waals surface area contributed by atoms with Crippen molar-refractivity contribution >= 4 is 5.69 Å². The van der Waals surface area contributed by atoms with Crippen molar-refractivity contribution in [3.05, 3.63) is 16.3 Å². The average molecular weight is 226 g/mol. The van der Waals surface area contributed by atoms with E-state index in [1.54, 1.807) is 7.05 Å². The van der Waals surface area contributed by atoms with E-state index in [0.29, 0.717) is 6.54 Å². The van der Waals surface area contributed by atoms with Crippen LogP contribution in [0, 0.1) is 10.1 Å². The fraction of sp³-hybridized carbons (Fsp3) is 0.667. The van der Waals surface area contributed by atoms with E-state index in [1.807, 2.05) is 0 Å². The molecular weight excluding hydrogens is 212 g/mol. The van der Waals surface area contributed by atoms with Crippen LogP contribution in [0.5, 0.6) is 5.88 Å². The van der Waals surface area contributed by atoms with Crippen LogP contribution in [0.3, 0.4) is 0 Å². The average Bonchev–Trinajstić information content (AvgIpc) is 2.61. The van der Waals surface area contributed by atoms with Gasteiger partial charge in [0.25, 0.3) is 0 Å². The van der Waals surface area contributed by atoms with Gasteiger partial charge in [-0.2, -0.15) is 0 Å². The van der Waals surface area contributed by atoms with E-state index >= 15 is 0 Å². The van der Waals surface area contributed by atoms with Gasteiger partial charge in [0.15, 0.2) is 0 Å². The second-order valence-corrected chi connectivity index (χ2v) is 3.84. The zero-order valence-electron chi connectivity index (χ0n) is 9.05. The monoisotopic (exact) mass is 226 g/mol. The standard InChI is InChI=1S/C9H14N4O3/c1-12-6-8(13(14)15)9(11-12)16-7-3-2-4-10-5-7/h6-7,10H,2-5H2,1H3. The van der Waals surface area contributed by atoms with Crippen LogP contribution in [-0.2, 0) is 7.05 Å². The largest absolute Gasteiger partial charge is 0.467 e. The van der Waals surface area contributed by atoms with Crippen molar-refractivity contribution in [1.82, 2.24) is 15.1 Å². The van der Waals surface area contributed by atoms with Gasteiger partial charge in [-0.3, -0.25) is 14.8 Å². The first-order valence-electron chi connectivity index (χ1n) is 5.22. The number of ether oxygens (including phenoxy) is 1. The molecule has 1 aliphatic heterocycles. The topological polar surface area (TPSA) is 82.2 Å². The van der Waals surface area contributed by atoms with Crippen LogP contribution < -0.4 is 10.1 Å². The van der Waals surface area contributed by atoms with Gasteiger partial charge in [-0.1, -0.05) is 0 Å². The van der Waals surface area contributed by atoms with Gasteiger partial charge in [-0.15, -0.1) is 5.10 Å². The lowest BCUT2D eigenvalue weighted by Crippen LogP contribution is -2.37. The van der Waals surface area contributed by atoms with E-state index in [2.05, 4.69) is 10.4 Å². The Labute approximate surface area is 92.5 Å². The lowest BCUT2D eigenvalue weighted by atomic mass is 10.1. The molecule has 2 heterocycles. The van der Waals surface area contributed by atoms with E-state index < -0.39 is 4.92 Å². The minimum atomic E-state index is -0.474. The molecule has 1 aliphatic rings. The summed E-state index contributed by atoms with van der Waals surface area (Å²) >= 11 is 0. The van der Waals surface area contributed by atoms with Crippen LogP contribution in [0.1, 0.15) is 12.8 Å². The molecule has 1 N–H and O–H groups in total. The van der Waals surface area contributed by atoms with Crippen molar-refractivity contribution in [3.8, 4) is 5.88 Å². The molecule has 0 aromatic carbocycles. The Morgan fingerprint density at radius 1 is 1.75 bits per heavy atom. The smallest absolute Gasteiger partial charge is 0.350 e. The van der Waals surface area contributed by atoms with Crippen molar-refractivity contribution < 1.29 is 9.66 Å². The minimum absolute atomic E-state index is 0.0256. The summed E-state index contributed by atoms with van der Waals surface area (Å²) in [7, 11) is 1.64. The molecule has 0 spiro atoms. The van der Waals surface area contributed by atoms with Crippen LogP contribution in [0.4, 0.5) is 5.69 Å². The molecule has 16 heavy (non-hydrogen) atoms. The summed E-state index contributed by atoms with van der Waals surface area (Å²) < 4.78 is 6.93. The molecule has 0 bridgehead atoms. The minimum Gasteiger partial charge on any atom is -0.467 e. The van der Waals surface area contributed by atoms with Crippen LogP contribution >= 0.6 is 0 Å². The number of nitrogens with one attached hydrogen (secondary N) is 1. The highest BCUT2D eigenvalue weighted by Crippen LogP contribution is 2.26. The lowest BCUT2D eigenvalue weighted by molar-refractivity contribution is -0.386. The number of nitro groups is 1. The SMILES string of the molecule is Cn1cc([N+](=O)[O-])c(OC2CCCNC2)n1. The van der Waals surface area contributed by atoms with Gasteiger partial charge in [0.05, 0.1) is 4.92 Å². The maximum absolute atomic E-state index is 10.7. The van der Waals surface area contributed by atoms with E-state index in [4.69, 9.17) is 4.74 Å². The highest BCUT2D eigenvalue weighted by atomic mass is 16.6. The first kappa shape index (κ1) is 10.9. The molecule has 7 nitrogen and oxygen atoms in total. The summed E-state index contributed by atoms with van der Waals surface area (Å²) in [6.45, 7) is 1.69. The molecule has 1 aromatic heterocycles. The number of rotatable bonds is 3. The van der Waals surface area contributed by atoms with Crippen molar-refractivity contribution in [2.75, 3.05) is 13.1 Å². The number of aryl methyl sites for hydroxylation is 1. The van der Waals surface area contributed by atoms with Gasteiger partial charge in [-0.25, -0.2) is 0 Å². The molecule has 0 amide bonds. The molecule has 0 saturated carbocycles. The van der Waals surface area contributed by atoms with E-state index in [1.165, 1.54) is 10.9 Å². The zero-order valence-corrected chi connectivity index (χ0v) is 9.05. The van der Waals surface area contributed by atoms with Crippen molar-refractivity contribution in [3.63, 3.8) is 0 Å². The molecular formula is C9H14N4O3. The Bertz CT molecular complexity index is 384. The molecule has 1 saturated heterocycles. The molecule has 2 rings (SSSR count). The van der Waals surface area contributed by atoms with Crippen molar-refractivity contribution in [2.24, 2.45) is 7.05 Å². The van der Waals surface area contributed by atoms with Gasteiger partial charge in [0.2, 0.25) is 0 Å². The summed E-state index contributed by atoms with van der Waals surface area (Å²) in [4.78, 5) is 10.3. The van der Waals surface area contributed by atoms with Crippen LogP contribution in [0.2, 0.25) is 0 Å². The normalized spacial score (nSPS) is 20.7. The molecule has 1 unspecified atom stereocenters. The van der Waals surface area contributed by atoms with Gasteiger partial charge in [-0.05, 0) is 19.4 Å². The quantitative estimate of drug-likeness (QED) is 0.598. The fourth-order valence-corrected chi connectivity index (χ4v) is 1.74. The second kappa shape index (κ2) is 4.48. The first-order chi connectivity index (χ1) is 7.66. The highest BCUT2D eigenvalue weighted by Gasteiger charge is 2.24. The molecule has 88 valence electrons. The van der Waals surface area contributed by atoms with Gasteiger partial charge in [0, 0.05) is 13.6 Å². The number of piperidine rings is 1. The second-order valence-electron chi connectivity index (χ2n) is 3.84. The summed E-state index contributed by atoms with van der Waals surface area (Å²) in [5.74, 6) is 0.112. The Morgan fingerprint density at radius 3 is 3.19 bits per heavy atom. The Kier molecular flexibility index (Phi) is 3.04. The maximum Gasteiger partial charge on any atom is 0.350 e. The number of nitrogens with zero attached hydrogens (tertiary/aromatic N) is 3. The third kappa shape index (κ3) is 2.30. The Hall–Kier alpha value is -1.63. The highest BCUT2D eigenvalue weighted by molar-refractivity contribution is 5.38. The molecule has 1 fully saturated rings. The third-order valence-electron chi connectivity index (χ3n) is 2.50. The zero-order chi connectivity index (χ0) is 11.5. The molecule has 1 aromatic rings. The van der Waals surface area contributed by atoms with Gasteiger partial charge < -0.3 is 10.1 Å². The van der Waals surface area contributed by atoms with Crippen LogP contribution in [0.25, 0.3) is 0 Å². The fourth-order valence-electron chi connectivity index (χ4n) is 1.74. The summed E-state index contributed by atoms with van der Waals surface area (Å²) in [6, 6.07) is 0. The van der Waals surface area contributed by atoms with E-state index in [0.717, 1.165) is 19.4 Å². The number of hydrogen-bond donors (Lipinski definition) is 1. The Balaban J connectivity index is 2.10. The van der Waals surface area contributed by atoms with Gasteiger partial charge in [0.1, 0.15) is 12.3 Å². The van der Waals surface area contributed by atoms with Gasteiger partial charge >= 0.3 is 11.6 Å². The van der Waals surface area contributed by atoms with Crippen molar-refractivity contribution in [2.45, 2.75) is 18.9 Å². The lowest BCUT2D eigenvalue weighted by Gasteiger charge is -2.22.